The summed E-state index contributed by atoms with van der Waals surface area (Å²) >= 11 is 0. The number of nitrogens with zero attached hydrogens (tertiary/aromatic N) is 1. The number of carbonyl (C=O) groups is 1. The Morgan fingerprint density at radius 3 is 2.82 bits per heavy atom. The van der Waals surface area contributed by atoms with Crippen molar-refractivity contribution in [2.24, 2.45) is 5.92 Å². The van der Waals surface area contributed by atoms with E-state index >= 15 is 0 Å². The van der Waals surface area contributed by atoms with E-state index in [0.29, 0.717) is 19.1 Å². The Bertz CT molecular complexity index is 294. The first-order chi connectivity index (χ1) is 8.06. The molecule has 0 bridgehead atoms. The number of morpholine rings is 1. The van der Waals surface area contributed by atoms with Crippen molar-refractivity contribution >= 4 is 5.97 Å². The van der Waals surface area contributed by atoms with Gasteiger partial charge < -0.3 is 9.84 Å². The van der Waals surface area contributed by atoms with Gasteiger partial charge in [0.1, 0.15) is 5.54 Å². The van der Waals surface area contributed by atoms with Gasteiger partial charge in [-0.1, -0.05) is 19.8 Å². The molecular formula is C13H23NO3. The van der Waals surface area contributed by atoms with Crippen LogP contribution in [0.4, 0.5) is 0 Å². The summed E-state index contributed by atoms with van der Waals surface area (Å²) in [4.78, 5) is 14.0. The third-order valence-electron chi connectivity index (χ3n) is 4.29. The van der Waals surface area contributed by atoms with E-state index in [0.717, 1.165) is 32.2 Å². The summed E-state index contributed by atoms with van der Waals surface area (Å²) in [7, 11) is 0. The molecule has 0 aromatic carbocycles. The fourth-order valence-corrected chi connectivity index (χ4v) is 3.46. The van der Waals surface area contributed by atoms with Crippen LogP contribution >= 0.6 is 0 Å². The van der Waals surface area contributed by atoms with E-state index in [-0.39, 0.29) is 6.04 Å². The topological polar surface area (TPSA) is 49.8 Å². The zero-order chi connectivity index (χ0) is 12.5. The summed E-state index contributed by atoms with van der Waals surface area (Å²) in [5, 5.41) is 9.69. The summed E-state index contributed by atoms with van der Waals surface area (Å²) in [5.41, 5.74) is -0.638. The molecule has 3 atom stereocenters. The molecule has 17 heavy (non-hydrogen) atoms. The van der Waals surface area contributed by atoms with Gasteiger partial charge in [0, 0.05) is 12.6 Å². The van der Waals surface area contributed by atoms with Crippen LogP contribution in [0, 0.1) is 5.92 Å². The number of hydrogen-bond acceptors (Lipinski definition) is 3. The summed E-state index contributed by atoms with van der Waals surface area (Å²) in [6.07, 6.45) is 3.76. The fraction of sp³-hybridized carbons (Fsp3) is 0.923. The van der Waals surface area contributed by atoms with Crippen LogP contribution in [0.1, 0.15) is 39.5 Å². The quantitative estimate of drug-likeness (QED) is 0.800. The maximum Gasteiger partial charge on any atom is 0.324 e. The maximum absolute atomic E-state index is 11.8. The van der Waals surface area contributed by atoms with Gasteiger partial charge in [0.05, 0.1) is 13.2 Å². The fourth-order valence-electron chi connectivity index (χ4n) is 3.46. The molecule has 4 nitrogen and oxygen atoms in total. The predicted molar refractivity (Wildman–Crippen MR) is 65.0 cm³/mol. The first-order valence-electron chi connectivity index (χ1n) is 6.64. The van der Waals surface area contributed by atoms with Gasteiger partial charge in [-0.15, -0.1) is 0 Å². The number of carboxylic acids is 1. The van der Waals surface area contributed by atoms with Crippen molar-refractivity contribution in [3.8, 4) is 0 Å². The zero-order valence-electron chi connectivity index (χ0n) is 10.8. The normalized spacial score (nSPS) is 40.1. The van der Waals surface area contributed by atoms with E-state index in [1.807, 2.05) is 0 Å². The molecule has 0 radical (unpaired) electrons. The van der Waals surface area contributed by atoms with Crippen molar-refractivity contribution in [3.05, 3.63) is 0 Å². The molecule has 4 heteroatoms. The predicted octanol–water partition coefficient (Wildman–Crippen LogP) is 1.74. The van der Waals surface area contributed by atoms with E-state index in [1.165, 1.54) is 0 Å². The van der Waals surface area contributed by atoms with E-state index in [2.05, 4.69) is 18.7 Å². The second-order valence-electron chi connectivity index (χ2n) is 5.66. The van der Waals surface area contributed by atoms with Crippen LogP contribution in [-0.4, -0.2) is 47.3 Å². The molecule has 0 aromatic rings. The number of carboxylic acid groups (broad SMARTS) is 1. The summed E-state index contributed by atoms with van der Waals surface area (Å²) in [5.74, 6) is -0.132. The Hall–Kier alpha value is -0.610. The molecule has 1 saturated heterocycles. The molecule has 2 aliphatic rings. The minimum atomic E-state index is -0.641. The zero-order valence-corrected chi connectivity index (χ0v) is 10.8. The average Bonchev–Trinajstić information content (AvgIpc) is 2.29. The van der Waals surface area contributed by atoms with Crippen LogP contribution in [-0.2, 0) is 9.53 Å². The molecule has 3 unspecified atom stereocenters. The highest BCUT2D eigenvalue weighted by Crippen LogP contribution is 2.38. The number of aliphatic carboxylic acids is 1. The smallest absolute Gasteiger partial charge is 0.324 e. The monoisotopic (exact) mass is 241 g/mol. The molecule has 1 aliphatic heterocycles. The van der Waals surface area contributed by atoms with Gasteiger partial charge in [0.25, 0.3) is 0 Å². The minimum Gasteiger partial charge on any atom is -0.480 e. The molecular weight excluding hydrogens is 218 g/mol. The number of hydrogen-bond donors (Lipinski definition) is 1. The lowest BCUT2D eigenvalue weighted by atomic mass is 9.74. The van der Waals surface area contributed by atoms with Crippen molar-refractivity contribution in [2.45, 2.75) is 51.1 Å². The lowest BCUT2D eigenvalue weighted by Gasteiger charge is -2.49. The van der Waals surface area contributed by atoms with Crippen LogP contribution in [0.15, 0.2) is 0 Å². The Balaban J connectivity index is 2.23. The molecule has 0 spiro atoms. The molecule has 0 aromatic heterocycles. The molecule has 1 saturated carbocycles. The minimum absolute atomic E-state index is 0.213. The van der Waals surface area contributed by atoms with Gasteiger partial charge >= 0.3 is 5.97 Å². The summed E-state index contributed by atoms with van der Waals surface area (Å²) < 4.78 is 5.42. The lowest BCUT2D eigenvalue weighted by Crippen LogP contribution is -2.63. The van der Waals surface area contributed by atoms with Gasteiger partial charge in [0.2, 0.25) is 0 Å². The summed E-state index contributed by atoms with van der Waals surface area (Å²) in [6.45, 7) is 6.31. The molecule has 0 amide bonds. The van der Waals surface area contributed by atoms with Crippen LogP contribution < -0.4 is 0 Å². The Kier molecular flexibility index (Phi) is 3.73. The second kappa shape index (κ2) is 4.94. The largest absolute Gasteiger partial charge is 0.480 e. The first-order valence-corrected chi connectivity index (χ1v) is 6.64. The third-order valence-corrected chi connectivity index (χ3v) is 4.29. The Labute approximate surface area is 103 Å². The van der Waals surface area contributed by atoms with E-state index in [4.69, 9.17) is 4.74 Å². The molecule has 2 fully saturated rings. The molecule has 1 heterocycles. The van der Waals surface area contributed by atoms with Gasteiger partial charge in [-0.05, 0) is 25.7 Å². The Morgan fingerprint density at radius 1 is 1.47 bits per heavy atom. The van der Waals surface area contributed by atoms with Gasteiger partial charge in [-0.25, -0.2) is 0 Å². The van der Waals surface area contributed by atoms with Crippen molar-refractivity contribution in [2.75, 3.05) is 19.8 Å². The summed E-state index contributed by atoms with van der Waals surface area (Å²) in [6, 6.07) is 0.213. The maximum atomic E-state index is 11.8. The number of ether oxygens (including phenoxy) is 1. The standard InChI is InChI=1S/C13H23NO3/c1-10-4-3-5-13(8-10,12(15)16)14-6-7-17-9-11(14)2/h10-11H,3-9H2,1-2H3,(H,15,16). The van der Waals surface area contributed by atoms with Gasteiger partial charge in [-0.3, -0.25) is 9.69 Å². The van der Waals surface area contributed by atoms with E-state index in [1.54, 1.807) is 0 Å². The SMILES string of the molecule is CC1CCCC(C(=O)O)(N2CCOCC2C)C1. The molecule has 1 N–H and O–H groups in total. The highest BCUT2D eigenvalue weighted by molar-refractivity contribution is 5.79. The third kappa shape index (κ3) is 2.33. The number of rotatable bonds is 2. The molecule has 1 aliphatic carbocycles. The van der Waals surface area contributed by atoms with Crippen LogP contribution in [0.2, 0.25) is 0 Å². The van der Waals surface area contributed by atoms with Gasteiger partial charge in [-0.2, -0.15) is 0 Å². The lowest BCUT2D eigenvalue weighted by molar-refractivity contribution is -0.163. The van der Waals surface area contributed by atoms with Crippen molar-refractivity contribution in [1.29, 1.82) is 0 Å². The highest BCUT2D eigenvalue weighted by Gasteiger charge is 2.48. The Morgan fingerprint density at radius 2 is 2.24 bits per heavy atom. The van der Waals surface area contributed by atoms with E-state index < -0.39 is 11.5 Å². The van der Waals surface area contributed by atoms with Gasteiger partial charge in [0.15, 0.2) is 0 Å². The van der Waals surface area contributed by atoms with Crippen molar-refractivity contribution in [1.82, 2.24) is 4.90 Å². The van der Waals surface area contributed by atoms with Crippen molar-refractivity contribution in [3.63, 3.8) is 0 Å². The van der Waals surface area contributed by atoms with Crippen molar-refractivity contribution < 1.29 is 14.6 Å². The molecule has 98 valence electrons. The highest BCUT2D eigenvalue weighted by atomic mass is 16.5. The van der Waals surface area contributed by atoms with E-state index in [9.17, 15) is 9.90 Å². The van der Waals surface area contributed by atoms with Crippen LogP contribution in [0.5, 0.6) is 0 Å². The van der Waals surface area contributed by atoms with Crippen LogP contribution in [0.25, 0.3) is 0 Å². The first kappa shape index (κ1) is 12.8. The molecule has 2 rings (SSSR count). The van der Waals surface area contributed by atoms with Crippen LogP contribution in [0.3, 0.4) is 0 Å². The second-order valence-corrected chi connectivity index (χ2v) is 5.66. The average molecular weight is 241 g/mol.